The predicted molar refractivity (Wildman–Crippen MR) is 68.5 cm³/mol. The zero-order chi connectivity index (χ0) is 12.4. The monoisotopic (exact) mass is 233 g/mol. The van der Waals surface area contributed by atoms with Gasteiger partial charge in [-0.05, 0) is 13.0 Å². The highest BCUT2D eigenvalue weighted by Crippen LogP contribution is 2.19. The van der Waals surface area contributed by atoms with E-state index in [2.05, 4.69) is 28.5 Å². The molecule has 0 spiro atoms. The maximum absolute atomic E-state index is 5.25. The molecule has 0 amide bonds. The van der Waals surface area contributed by atoms with Crippen molar-refractivity contribution in [3.05, 3.63) is 29.8 Å². The normalized spacial score (nSPS) is 11.4. The van der Waals surface area contributed by atoms with Gasteiger partial charge in [0.1, 0.15) is 11.6 Å². The van der Waals surface area contributed by atoms with Crippen LogP contribution in [0.4, 0.5) is 0 Å². The van der Waals surface area contributed by atoms with Crippen molar-refractivity contribution < 1.29 is 4.74 Å². The molecule has 4 nitrogen and oxygen atoms in total. The molecule has 2 rings (SSSR count). The summed E-state index contributed by atoms with van der Waals surface area (Å²) in [6.07, 6.45) is 2.00. The number of aryl methyl sites for hydroxylation is 1. The number of fused-ring (bicyclic) bond motifs is 1. The number of imidazole rings is 1. The Morgan fingerprint density at radius 2 is 2.24 bits per heavy atom. The highest BCUT2D eigenvalue weighted by molar-refractivity contribution is 5.56. The number of nitrogens with zero attached hydrogens (tertiary/aromatic N) is 2. The molecule has 92 valence electrons. The number of aromatic nitrogens is 2. The first-order chi connectivity index (χ1) is 8.11. The highest BCUT2D eigenvalue weighted by atomic mass is 16.5. The van der Waals surface area contributed by atoms with E-state index in [-0.39, 0.29) is 0 Å². The Kier molecular flexibility index (Phi) is 3.33. The number of ether oxygens (including phenoxy) is 1. The smallest absolute Gasteiger partial charge is 0.122 e. The van der Waals surface area contributed by atoms with Gasteiger partial charge in [0.2, 0.25) is 0 Å². The third kappa shape index (κ3) is 2.42. The van der Waals surface area contributed by atoms with Gasteiger partial charge in [0.25, 0.3) is 0 Å². The summed E-state index contributed by atoms with van der Waals surface area (Å²) in [7, 11) is 1.68. The van der Waals surface area contributed by atoms with E-state index in [1.165, 1.54) is 0 Å². The van der Waals surface area contributed by atoms with Crippen LogP contribution >= 0.6 is 0 Å². The van der Waals surface area contributed by atoms with E-state index in [0.717, 1.165) is 29.3 Å². The van der Waals surface area contributed by atoms with Crippen molar-refractivity contribution >= 4 is 5.52 Å². The first-order valence-corrected chi connectivity index (χ1v) is 5.86. The van der Waals surface area contributed by atoms with Crippen molar-refractivity contribution in [1.82, 2.24) is 14.7 Å². The molecule has 2 heterocycles. The molecule has 0 aliphatic rings. The lowest BCUT2D eigenvalue weighted by Crippen LogP contribution is -2.22. The van der Waals surface area contributed by atoms with Gasteiger partial charge >= 0.3 is 0 Å². The van der Waals surface area contributed by atoms with E-state index in [0.29, 0.717) is 6.04 Å². The van der Waals surface area contributed by atoms with Crippen LogP contribution in [0.1, 0.15) is 25.4 Å². The number of methoxy groups -OCH3 is 1. The summed E-state index contributed by atoms with van der Waals surface area (Å²) in [4.78, 5) is 4.58. The van der Waals surface area contributed by atoms with Gasteiger partial charge in [0, 0.05) is 24.8 Å². The molecule has 0 saturated heterocycles. The highest BCUT2D eigenvalue weighted by Gasteiger charge is 2.09. The molecule has 0 atom stereocenters. The van der Waals surface area contributed by atoms with Crippen molar-refractivity contribution in [2.75, 3.05) is 7.11 Å². The van der Waals surface area contributed by atoms with E-state index in [1.54, 1.807) is 7.11 Å². The summed E-state index contributed by atoms with van der Waals surface area (Å²) < 4.78 is 7.33. The quantitative estimate of drug-likeness (QED) is 0.879. The zero-order valence-electron chi connectivity index (χ0n) is 10.8. The second kappa shape index (κ2) is 4.75. The first kappa shape index (κ1) is 11.9. The average molecular weight is 233 g/mol. The van der Waals surface area contributed by atoms with E-state index in [9.17, 15) is 0 Å². The van der Waals surface area contributed by atoms with Gasteiger partial charge in [0.15, 0.2) is 0 Å². The van der Waals surface area contributed by atoms with Crippen LogP contribution in [0, 0.1) is 6.92 Å². The summed E-state index contributed by atoms with van der Waals surface area (Å²) >= 11 is 0. The lowest BCUT2D eigenvalue weighted by molar-refractivity contribution is 0.414. The molecule has 17 heavy (non-hydrogen) atoms. The van der Waals surface area contributed by atoms with E-state index < -0.39 is 0 Å². The van der Waals surface area contributed by atoms with Crippen molar-refractivity contribution in [3.8, 4) is 5.75 Å². The fraction of sp³-hybridized carbons (Fsp3) is 0.462. The molecule has 0 aliphatic carbocycles. The largest absolute Gasteiger partial charge is 0.497 e. The third-order valence-electron chi connectivity index (χ3n) is 2.78. The van der Waals surface area contributed by atoms with Gasteiger partial charge in [-0.25, -0.2) is 4.98 Å². The Morgan fingerprint density at radius 1 is 1.47 bits per heavy atom. The average Bonchev–Trinajstić information content (AvgIpc) is 2.63. The Morgan fingerprint density at radius 3 is 2.88 bits per heavy atom. The van der Waals surface area contributed by atoms with Crippen LogP contribution in [-0.2, 0) is 6.54 Å². The van der Waals surface area contributed by atoms with E-state index >= 15 is 0 Å². The van der Waals surface area contributed by atoms with Crippen LogP contribution in [0.2, 0.25) is 0 Å². The minimum atomic E-state index is 0.456. The van der Waals surface area contributed by atoms with Crippen molar-refractivity contribution in [3.63, 3.8) is 0 Å². The molecule has 2 aromatic rings. The van der Waals surface area contributed by atoms with Crippen molar-refractivity contribution in [2.24, 2.45) is 0 Å². The second-order valence-electron chi connectivity index (χ2n) is 4.46. The molecule has 2 aromatic heterocycles. The fourth-order valence-corrected chi connectivity index (χ4v) is 1.85. The fourth-order valence-electron chi connectivity index (χ4n) is 1.85. The number of rotatable bonds is 4. The summed E-state index contributed by atoms with van der Waals surface area (Å²) in [5.74, 6) is 1.87. The number of hydrogen-bond acceptors (Lipinski definition) is 3. The summed E-state index contributed by atoms with van der Waals surface area (Å²) in [6.45, 7) is 7.05. The lowest BCUT2D eigenvalue weighted by atomic mass is 10.3. The van der Waals surface area contributed by atoms with Crippen LogP contribution in [0.25, 0.3) is 5.52 Å². The van der Waals surface area contributed by atoms with E-state index in [4.69, 9.17) is 4.74 Å². The molecule has 0 aromatic carbocycles. The van der Waals surface area contributed by atoms with Gasteiger partial charge < -0.3 is 14.5 Å². The van der Waals surface area contributed by atoms with Crippen LogP contribution < -0.4 is 10.1 Å². The minimum Gasteiger partial charge on any atom is -0.497 e. The molecule has 0 aliphatic heterocycles. The second-order valence-corrected chi connectivity index (χ2v) is 4.46. The molecule has 0 fully saturated rings. The molecule has 0 radical (unpaired) electrons. The van der Waals surface area contributed by atoms with Gasteiger partial charge in [-0.15, -0.1) is 0 Å². The van der Waals surface area contributed by atoms with Crippen LogP contribution in [0.15, 0.2) is 18.3 Å². The van der Waals surface area contributed by atoms with Crippen molar-refractivity contribution in [1.29, 1.82) is 0 Å². The topological polar surface area (TPSA) is 38.6 Å². The van der Waals surface area contributed by atoms with Gasteiger partial charge in [-0.2, -0.15) is 0 Å². The summed E-state index contributed by atoms with van der Waals surface area (Å²) in [6, 6.07) is 4.43. The molecule has 4 heteroatoms. The van der Waals surface area contributed by atoms with Crippen LogP contribution in [-0.4, -0.2) is 22.5 Å². The standard InChI is InChI=1S/C13H19N3O/c1-9(2)14-8-12-13-7-11(17-4)5-6-16(13)10(3)15-12/h5-7,9,14H,8H2,1-4H3. The Hall–Kier alpha value is -1.55. The Labute approximate surface area is 102 Å². The molecular formula is C13H19N3O. The number of nitrogens with one attached hydrogen (secondary N) is 1. The predicted octanol–water partition coefficient (Wildman–Crippen LogP) is 2.15. The van der Waals surface area contributed by atoms with Crippen LogP contribution in [0.5, 0.6) is 5.75 Å². The number of pyridine rings is 1. The van der Waals surface area contributed by atoms with E-state index in [1.807, 2.05) is 25.3 Å². The molecule has 0 bridgehead atoms. The summed E-state index contributed by atoms with van der Waals surface area (Å²) in [5.41, 5.74) is 2.17. The van der Waals surface area contributed by atoms with Gasteiger partial charge in [-0.1, -0.05) is 13.8 Å². The molecule has 0 unspecified atom stereocenters. The zero-order valence-corrected chi connectivity index (χ0v) is 10.8. The minimum absolute atomic E-state index is 0.456. The SMILES string of the molecule is COc1ccn2c(C)nc(CNC(C)C)c2c1. The lowest BCUT2D eigenvalue weighted by Gasteiger charge is -2.06. The Balaban J connectivity index is 2.40. The molecular weight excluding hydrogens is 214 g/mol. The molecule has 0 saturated carbocycles. The third-order valence-corrected chi connectivity index (χ3v) is 2.78. The van der Waals surface area contributed by atoms with Gasteiger partial charge in [-0.3, -0.25) is 0 Å². The Bertz CT molecular complexity index is 517. The van der Waals surface area contributed by atoms with Crippen molar-refractivity contribution in [2.45, 2.75) is 33.4 Å². The maximum atomic E-state index is 5.25. The maximum Gasteiger partial charge on any atom is 0.122 e. The summed E-state index contributed by atoms with van der Waals surface area (Å²) in [5, 5.41) is 3.39. The van der Waals surface area contributed by atoms with Gasteiger partial charge in [0.05, 0.1) is 18.3 Å². The number of hydrogen-bond donors (Lipinski definition) is 1. The molecule has 1 N–H and O–H groups in total. The van der Waals surface area contributed by atoms with Crippen LogP contribution in [0.3, 0.4) is 0 Å². The first-order valence-electron chi connectivity index (χ1n) is 5.86.